The Morgan fingerprint density at radius 3 is 2.78 bits per heavy atom. The molecule has 0 N–H and O–H groups in total. The van der Waals surface area contributed by atoms with Gasteiger partial charge >= 0.3 is 0 Å². The van der Waals surface area contributed by atoms with Gasteiger partial charge in [-0.2, -0.15) is 0 Å². The number of aromatic nitrogens is 2. The van der Waals surface area contributed by atoms with Crippen LogP contribution in [0.4, 0.5) is 14.5 Å². The number of pyridine rings is 2. The smallest absolute Gasteiger partial charge is 0.291 e. The summed E-state index contributed by atoms with van der Waals surface area (Å²) in [7, 11) is 0. The van der Waals surface area contributed by atoms with Crippen molar-refractivity contribution in [2.24, 2.45) is 5.92 Å². The predicted octanol–water partition coefficient (Wildman–Crippen LogP) is 3.96. The van der Waals surface area contributed by atoms with Crippen LogP contribution in [0.15, 0.2) is 54.9 Å². The number of benzene rings is 1. The lowest BCUT2D eigenvalue weighted by Crippen LogP contribution is -2.30. The van der Waals surface area contributed by atoms with Gasteiger partial charge in [-0.3, -0.25) is 19.9 Å². The van der Waals surface area contributed by atoms with Gasteiger partial charge < -0.3 is 4.90 Å². The van der Waals surface area contributed by atoms with Crippen molar-refractivity contribution in [2.45, 2.75) is 19.3 Å². The molecule has 0 spiro atoms. The van der Waals surface area contributed by atoms with E-state index in [2.05, 4.69) is 9.97 Å². The third-order valence-electron chi connectivity index (χ3n) is 5.56. The maximum atomic E-state index is 14.2. The highest BCUT2D eigenvalue weighted by atomic mass is 19.1. The van der Waals surface area contributed by atoms with Crippen LogP contribution in [0.3, 0.4) is 0 Å². The highest BCUT2D eigenvalue weighted by Gasteiger charge is 2.29. The zero-order valence-corrected chi connectivity index (χ0v) is 17.1. The Balaban J connectivity index is 1.51. The van der Waals surface area contributed by atoms with E-state index in [1.54, 1.807) is 17.3 Å². The number of halogens is 2. The van der Waals surface area contributed by atoms with Crippen LogP contribution in [0.25, 0.3) is 11.3 Å². The molecule has 3 heterocycles. The molecule has 0 radical (unpaired) electrons. The van der Waals surface area contributed by atoms with Gasteiger partial charge in [0.15, 0.2) is 0 Å². The first-order valence-corrected chi connectivity index (χ1v) is 10.2. The van der Waals surface area contributed by atoms with Crippen molar-refractivity contribution in [3.8, 4) is 11.3 Å². The van der Waals surface area contributed by atoms with E-state index in [9.17, 15) is 23.7 Å². The molecule has 0 bridgehead atoms. The summed E-state index contributed by atoms with van der Waals surface area (Å²) in [4.78, 5) is 33.7. The third-order valence-corrected chi connectivity index (χ3v) is 5.56. The summed E-state index contributed by atoms with van der Waals surface area (Å²) in [5.74, 6) is -1.56. The van der Waals surface area contributed by atoms with Crippen molar-refractivity contribution in [3.05, 3.63) is 87.9 Å². The average molecular weight is 438 g/mol. The standard InChI is InChI=1S/C23H20F2N4O3/c24-17-3-4-18(19(25)11-17)20-5-6-22(29(31)32)21(27-20)12-23(30)28-9-7-16(14-28)10-15-2-1-8-26-13-15/h1-6,8,11,13,16H,7,9-10,12,14H2. The number of amides is 1. The minimum Gasteiger partial charge on any atom is -0.342 e. The van der Waals surface area contributed by atoms with E-state index >= 15 is 0 Å². The number of likely N-dealkylation sites (tertiary alicyclic amines) is 1. The highest BCUT2D eigenvalue weighted by molar-refractivity contribution is 5.80. The van der Waals surface area contributed by atoms with Crippen LogP contribution >= 0.6 is 0 Å². The number of rotatable bonds is 6. The SMILES string of the molecule is O=C(Cc1nc(-c2ccc(F)cc2F)ccc1[N+](=O)[O-])N1CCC(Cc2cccnc2)C1. The van der Waals surface area contributed by atoms with E-state index in [4.69, 9.17) is 0 Å². The maximum absolute atomic E-state index is 14.2. The van der Waals surface area contributed by atoms with Crippen molar-refractivity contribution in [3.63, 3.8) is 0 Å². The van der Waals surface area contributed by atoms with Crippen LogP contribution in [0.2, 0.25) is 0 Å². The molecule has 1 fully saturated rings. The number of nitrogens with zero attached hydrogens (tertiary/aromatic N) is 4. The normalized spacial score (nSPS) is 15.7. The Hall–Kier alpha value is -3.75. The second-order valence-corrected chi connectivity index (χ2v) is 7.78. The summed E-state index contributed by atoms with van der Waals surface area (Å²) in [5, 5.41) is 11.5. The fourth-order valence-electron chi connectivity index (χ4n) is 3.97. The van der Waals surface area contributed by atoms with Crippen LogP contribution in [-0.2, 0) is 17.6 Å². The Bertz CT molecular complexity index is 1160. The van der Waals surface area contributed by atoms with Gasteiger partial charge in [0.05, 0.1) is 17.0 Å². The highest BCUT2D eigenvalue weighted by Crippen LogP contribution is 2.27. The number of carbonyl (C=O) groups is 1. The van der Waals surface area contributed by atoms with Crippen molar-refractivity contribution in [2.75, 3.05) is 13.1 Å². The number of hydrogen-bond acceptors (Lipinski definition) is 5. The maximum Gasteiger partial charge on any atom is 0.291 e. The fraction of sp³-hybridized carbons (Fsp3) is 0.261. The van der Waals surface area contributed by atoms with Gasteiger partial charge in [0.1, 0.15) is 17.3 Å². The van der Waals surface area contributed by atoms with Crippen LogP contribution in [-0.4, -0.2) is 38.8 Å². The van der Waals surface area contributed by atoms with Crippen molar-refractivity contribution < 1.29 is 18.5 Å². The third kappa shape index (κ3) is 4.77. The van der Waals surface area contributed by atoms with Crippen molar-refractivity contribution in [1.29, 1.82) is 0 Å². The quantitative estimate of drug-likeness (QED) is 0.429. The van der Waals surface area contributed by atoms with Gasteiger partial charge in [0.25, 0.3) is 5.69 Å². The molecule has 1 aliphatic heterocycles. The van der Waals surface area contributed by atoms with E-state index in [1.165, 1.54) is 18.2 Å². The lowest BCUT2D eigenvalue weighted by atomic mass is 10.00. The topological polar surface area (TPSA) is 89.2 Å². The minimum atomic E-state index is -0.832. The molecule has 2 aromatic heterocycles. The molecule has 1 unspecified atom stereocenters. The molecule has 32 heavy (non-hydrogen) atoms. The second-order valence-electron chi connectivity index (χ2n) is 7.78. The van der Waals surface area contributed by atoms with Gasteiger partial charge in [-0.25, -0.2) is 13.8 Å². The zero-order valence-electron chi connectivity index (χ0n) is 17.1. The number of carbonyl (C=O) groups excluding carboxylic acids is 1. The largest absolute Gasteiger partial charge is 0.342 e. The molecule has 7 nitrogen and oxygen atoms in total. The lowest BCUT2D eigenvalue weighted by molar-refractivity contribution is -0.385. The van der Waals surface area contributed by atoms with E-state index in [-0.39, 0.29) is 40.9 Å². The van der Waals surface area contributed by atoms with E-state index in [0.29, 0.717) is 13.1 Å². The van der Waals surface area contributed by atoms with E-state index in [1.807, 2.05) is 12.1 Å². The molecule has 4 rings (SSSR count). The summed E-state index contributed by atoms with van der Waals surface area (Å²) < 4.78 is 27.4. The van der Waals surface area contributed by atoms with Gasteiger partial charge in [0.2, 0.25) is 5.91 Å². The molecule has 1 saturated heterocycles. The van der Waals surface area contributed by atoms with Gasteiger partial charge in [0, 0.05) is 43.2 Å². The summed E-state index contributed by atoms with van der Waals surface area (Å²) in [5.41, 5.74) is 0.852. The van der Waals surface area contributed by atoms with E-state index in [0.717, 1.165) is 30.5 Å². The molecule has 0 saturated carbocycles. The monoisotopic (exact) mass is 438 g/mol. The molecular formula is C23H20F2N4O3. The number of hydrogen-bond donors (Lipinski definition) is 0. The molecule has 0 aliphatic carbocycles. The minimum absolute atomic E-state index is 0.00713. The van der Waals surface area contributed by atoms with Gasteiger partial charge in [-0.15, -0.1) is 0 Å². The van der Waals surface area contributed by atoms with Crippen LogP contribution in [0.5, 0.6) is 0 Å². The number of nitro groups is 1. The van der Waals surface area contributed by atoms with Crippen LogP contribution in [0.1, 0.15) is 17.7 Å². The van der Waals surface area contributed by atoms with Gasteiger partial charge in [-0.1, -0.05) is 6.07 Å². The molecule has 1 aliphatic rings. The van der Waals surface area contributed by atoms with Crippen molar-refractivity contribution >= 4 is 11.6 Å². The molecule has 1 aromatic carbocycles. The Morgan fingerprint density at radius 2 is 2.06 bits per heavy atom. The zero-order chi connectivity index (χ0) is 22.7. The first-order chi connectivity index (χ1) is 15.4. The summed E-state index contributed by atoms with van der Waals surface area (Å²) >= 11 is 0. The summed E-state index contributed by atoms with van der Waals surface area (Å²) in [6.45, 7) is 1.11. The summed E-state index contributed by atoms with van der Waals surface area (Å²) in [6.07, 6.45) is 4.87. The van der Waals surface area contributed by atoms with Crippen LogP contribution in [0, 0.1) is 27.7 Å². The first-order valence-electron chi connectivity index (χ1n) is 10.2. The first kappa shape index (κ1) is 21.5. The Labute approximate surface area is 182 Å². The predicted molar refractivity (Wildman–Crippen MR) is 113 cm³/mol. The van der Waals surface area contributed by atoms with Crippen LogP contribution < -0.4 is 0 Å². The molecule has 1 atom stereocenters. The van der Waals surface area contributed by atoms with E-state index < -0.39 is 16.6 Å². The van der Waals surface area contributed by atoms with Crippen molar-refractivity contribution in [1.82, 2.24) is 14.9 Å². The molecule has 164 valence electrons. The Kier molecular flexibility index (Phi) is 6.16. The molecule has 3 aromatic rings. The molecule has 1 amide bonds. The molecule has 9 heteroatoms. The van der Waals surface area contributed by atoms with Gasteiger partial charge in [-0.05, 0) is 48.6 Å². The fourth-order valence-corrected chi connectivity index (χ4v) is 3.97. The Morgan fingerprint density at radius 1 is 1.22 bits per heavy atom. The second kappa shape index (κ2) is 9.17. The molecular weight excluding hydrogens is 418 g/mol. The average Bonchev–Trinajstić information content (AvgIpc) is 3.23. The lowest BCUT2D eigenvalue weighted by Gasteiger charge is -2.17. The summed E-state index contributed by atoms with van der Waals surface area (Å²) in [6, 6.07) is 9.37.